The molecule has 1 aromatic carbocycles. The molecule has 6 nitrogen and oxygen atoms in total. The van der Waals surface area contributed by atoms with Gasteiger partial charge in [0.2, 0.25) is 0 Å². The normalized spacial score (nSPS) is 13.1. The van der Waals surface area contributed by atoms with Crippen LogP contribution in [0.5, 0.6) is 0 Å². The van der Waals surface area contributed by atoms with Crippen LogP contribution in [-0.2, 0) is 6.42 Å². The monoisotopic (exact) mass is 338 g/mol. The third kappa shape index (κ3) is 4.09. The Kier molecular flexibility index (Phi) is 6.72. The van der Waals surface area contributed by atoms with Crippen molar-refractivity contribution in [2.24, 2.45) is 0 Å². The summed E-state index contributed by atoms with van der Waals surface area (Å²) in [6, 6.07) is 6.21. The number of nitrogens with one attached hydrogen (secondary N) is 1. The summed E-state index contributed by atoms with van der Waals surface area (Å²) in [5.74, 6) is -0.219. The first-order valence-corrected chi connectivity index (χ1v) is 7.55. The van der Waals surface area contributed by atoms with Crippen LogP contribution >= 0.6 is 12.4 Å². The first kappa shape index (κ1) is 19.1. The molecule has 0 radical (unpaired) electrons. The maximum Gasteiger partial charge on any atom is 0.274 e. The maximum absolute atomic E-state index is 12.1. The maximum atomic E-state index is 12.1. The highest BCUT2D eigenvalue weighted by Crippen LogP contribution is 2.26. The minimum atomic E-state index is -0.219. The number of anilines is 1. The summed E-state index contributed by atoms with van der Waals surface area (Å²) in [5.41, 5.74) is 8.77. The molecule has 1 aliphatic carbocycles. The van der Waals surface area contributed by atoms with Crippen LogP contribution < -0.4 is 11.1 Å². The molecule has 0 aliphatic heterocycles. The van der Waals surface area contributed by atoms with E-state index in [1.807, 2.05) is 12.1 Å². The van der Waals surface area contributed by atoms with E-state index in [2.05, 4.69) is 28.5 Å². The van der Waals surface area contributed by atoms with Gasteiger partial charge in [-0.2, -0.15) is 0 Å². The highest BCUT2D eigenvalue weighted by molar-refractivity contribution is 6.05. The molecule has 0 spiro atoms. The Labute approximate surface area is 141 Å². The van der Waals surface area contributed by atoms with E-state index in [4.69, 9.17) is 5.73 Å². The van der Waals surface area contributed by atoms with Gasteiger partial charge in [0.25, 0.3) is 5.91 Å². The fraction of sp³-hybridized carbons (Fsp3) is 0.438. The number of halogens is 1. The van der Waals surface area contributed by atoms with Gasteiger partial charge in [-0.05, 0) is 31.2 Å². The Morgan fingerprint density at radius 3 is 2.74 bits per heavy atom. The van der Waals surface area contributed by atoms with Gasteiger partial charge in [0.05, 0.1) is 11.2 Å². The molecule has 1 fully saturated rings. The summed E-state index contributed by atoms with van der Waals surface area (Å²) < 4.78 is 0. The third-order valence-electron chi connectivity index (χ3n) is 3.84. The Bertz CT molecular complexity index is 689. The van der Waals surface area contributed by atoms with Crippen LogP contribution in [0, 0.1) is 0 Å². The van der Waals surface area contributed by atoms with Crippen LogP contribution in [0.1, 0.15) is 48.7 Å². The molecule has 2 aromatic rings. The van der Waals surface area contributed by atoms with Crippen LogP contribution in [0.15, 0.2) is 18.2 Å². The average Bonchev–Trinajstić information content (AvgIpc) is 3.29. The Morgan fingerprint density at radius 1 is 1.35 bits per heavy atom. The number of carbonyl (C=O) groups is 1. The molecule has 1 amide bonds. The molecular formula is C16H23ClN4O2. The van der Waals surface area contributed by atoms with Gasteiger partial charge < -0.3 is 16.5 Å². The van der Waals surface area contributed by atoms with E-state index < -0.39 is 0 Å². The van der Waals surface area contributed by atoms with Crippen molar-refractivity contribution in [1.82, 2.24) is 15.5 Å². The zero-order valence-electron chi connectivity index (χ0n) is 13.1. The number of carbonyl (C=O) groups excluding carboxylic acids is 1. The van der Waals surface area contributed by atoms with E-state index in [9.17, 15) is 4.79 Å². The zero-order valence-corrected chi connectivity index (χ0v) is 13.9. The lowest BCUT2D eigenvalue weighted by molar-refractivity contribution is 0.0946. The van der Waals surface area contributed by atoms with Crippen molar-refractivity contribution >= 4 is 34.9 Å². The van der Waals surface area contributed by atoms with Crippen LogP contribution in [-0.4, -0.2) is 27.6 Å². The van der Waals surface area contributed by atoms with Crippen molar-refractivity contribution in [2.75, 3.05) is 5.73 Å². The van der Waals surface area contributed by atoms with E-state index >= 15 is 0 Å². The van der Waals surface area contributed by atoms with Crippen molar-refractivity contribution in [1.29, 1.82) is 0 Å². The van der Waals surface area contributed by atoms with Crippen molar-refractivity contribution in [2.45, 2.75) is 45.1 Å². The number of aromatic nitrogens is 2. The molecule has 5 N–H and O–H groups in total. The second kappa shape index (κ2) is 8.08. The minimum Gasteiger partial charge on any atom is -0.412 e. The second-order valence-electron chi connectivity index (χ2n) is 5.63. The number of hydrogen-bond donors (Lipinski definition) is 2. The molecular weight excluding hydrogens is 316 g/mol. The van der Waals surface area contributed by atoms with Crippen LogP contribution in [0.4, 0.5) is 5.69 Å². The van der Waals surface area contributed by atoms with Crippen molar-refractivity contribution in [3.63, 3.8) is 0 Å². The molecule has 3 rings (SSSR count). The molecule has 0 bridgehead atoms. The topological polar surface area (TPSA) is 112 Å². The highest BCUT2D eigenvalue weighted by atomic mass is 35.5. The van der Waals surface area contributed by atoms with Gasteiger partial charge >= 0.3 is 0 Å². The number of nitrogens with two attached hydrogens (primary N) is 1. The third-order valence-corrected chi connectivity index (χ3v) is 3.84. The van der Waals surface area contributed by atoms with E-state index in [0.29, 0.717) is 5.69 Å². The second-order valence-corrected chi connectivity index (χ2v) is 5.63. The number of benzene rings is 1. The summed E-state index contributed by atoms with van der Waals surface area (Å²) in [4.78, 5) is 12.1. The van der Waals surface area contributed by atoms with E-state index in [1.54, 1.807) is 0 Å². The molecule has 0 unspecified atom stereocenters. The summed E-state index contributed by atoms with van der Waals surface area (Å²) >= 11 is 0. The predicted octanol–water partition coefficient (Wildman–Crippen LogP) is 2.04. The fourth-order valence-electron chi connectivity index (χ4n) is 2.43. The number of unbranched alkanes of at least 4 members (excludes halogenated alkanes) is 1. The molecule has 23 heavy (non-hydrogen) atoms. The van der Waals surface area contributed by atoms with E-state index in [0.717, 1.165) is 48.6 Å². The SMILES string of the molecule is CCCCc1cccc2c(N)c(C(=O)NC3CC3)nnc12.Cl.O. The molecule has 1 heterocycles. The van der Waals surface area contributed by atoms with Crippen molar-refractivity contribution in [3.05, 3.63) is 29.5 Å². The number of aryl methyl sites for hydroxylation is 1. The number of rotatable bonds is 5. The van der Waals surface area contributed by atoms with Crippen LogP contribution in [0.2, 0.25) is 0 Å². The molecule has 1 aromatic heterocycles. The van der Waals surface area contributed by atoms with Gasteiger partial charge in [0, 0.05) is 11.4 Å². The Hall–Kier alpha value is -1.92. The summed E-state index contributed by atoms with van der Waals surface area (Å²) in [6.45, 7) is 2.16. The number of fused-ring (bicyclic) bond motifs is 1. The van der Waals surface area contributed by atoms with E-state index in [-0.39, 0.29) is 35.5 Å². The molecule has 1 aliphatic rings. The average molecular weight is 339 g/mol. The van der Waals surface area contributed by atoms with E-state index in [1.165, 1.54) is 0 Å². The van der Waals surface area contributed by atoms with Gasteiger partial charge in [0.1, 0.15) is 0 Å². The fourth-order valence-corrected chi connectivity index (χ4v) is 2.43. The smallest absolute Gasteiger partial charge is 0.274 e. The molecule has 126 valence electrons. The van der Waals surface area contributed by atoms with Crippen molar-refractivity contribution in [3.8, 4) is 0 Å². The molecule has 0 saturated heterocycles. The number of nitrogen functional groups attached to an aromatic ring is 1. The quantitative estimate of drug-likeness (QED) is 0.868. The number of amides is 1. The number of hydrogen-bond acceptors (Lipinski definition) is 4. The minimum absolute atomic E-state index is 0. The first-order valence-electron chi connectivity index (χ1n) is 7.55. The van der Waals surface area contributed by atoms with Crippen molar-refractivity contribution < 1.29 is 10.3 Å². The van der Waals surface area contributed by atoms with Gasteiger partial charge in [-0.1, -0.05) is 31.5 Å². The lowest BCUT2D eigenvalue weighted by atomic mass is 10.0. The summed E-state index contributed by atoms with van der Waals surface area (Å²) in [5, 5.41) is 12.0. The van der Waals surface area contributed by atoms with Gasteiger partial charge in [-0.3, -0.25) is 4.79 Å². The molecule has 0 atom stereocenters. The van der Waals surface area contributed by atoms with Crippen LogP contribution in [0.25, 0.3) is 10.9 Å². The molecule has 1 saturated carbocycles. The summed E-state index contributed by atoms with van der Waals surface area (Å²) in [7, 11) is 0. The van der Waals surface area contributed by atoms with Gasteiger partial charge in [-0.25, -0.2) is 0 Å². The lowest BCUT2D eigenvalue weighted by Gasteiger charge is -2.10. The van der Waals surface area contributed by atoms with Gasteiger partial charge in [-0.15, -0.1) is 22.6 Å². The number of nitrogens with zero attached hydrogens (tertiary/aromatic N) is 2. The predicted molar refractivity (Wildman–Crippen MR) is 93.9 cm³/mol. The first-order chi connectivity index (χ1) is 10.2. The molecule has 7 heteroatoms. The van der Waals surface area contributed by atoms with Gasteiger partial charge in [0.15, 0.2) is 5.69 Å². The standard InChI is InChI=1S/C16H20N4O.ClH.H2O/c1-2-3-5-10-6-4-7-12-13(17)15(20-19-14(10)12)16(21)18-11-8-9-11;;/h4,6-7,11H,2-3,5,8-9H2,1H3,(H2,17,19)(H,18,21);1H;1H2. The zero-order chi connectivity index (χ0) is 14.8. The van der Waals surface area contributed by atoms with Crippen LogP contribution in [0.3, 0.4) is 0 Å². The summed E-state index contributed by atoms with van der Waals surface area (Å²) in [6.07, 6.45) is 5.25. The Morgan fingerprint density at radius 2 is 2.09 bits per heavy atom. The Balaban J connectivity index is 0.00000132. The lowest BCUT2D eigenvalue weighted by Crippen LogP contribution is -2.27. The largest absolute Gasteiger partial charge is 0.412 e. The highest BCUT2D eigenvalue weighted by Gasteiger charge is 2.26.